The predicted molar refractivity (Wildman–Crippen MR) is 109 cm³/mol. The molecule has 0 spiro atoms. The average Bonchev–Trinajstić information content (AvgIpc) is 3.11. The van der Waals surface area contributed by atoms with E-state index in [-0.39, 0.29) is 10.6 Å². The number of sulfonamides is 1. The first-order valence-corrected chi connectivity index (χ1v) is 10.1. The average molecular weight is 408 g/mol. The summed E-state index contributed by atoms with van der Waals surface area (Å²) in [5.74, 6) is 0. The third-order valence-corrected chi connectivity index (χ3v) is 5.78. The Kier molecular flexibility index (Phi) is 4.51. The van der Waals surface area contributed by atoms with E-state index in [0.717, 1.165) is 28.9 Å². The summed E-state index contributed by atoms with van der Waals surface area (Å²) < 4.78 is 29.6. The molecule has 0 saturated carbocycles. The number of fused-ring (bicyclic) bond motifs is 1. The summed E-state index contributed by atoms with van der Waals surface area (Å²) in [5.41, 5.74) is 3.57. The molecule has 0 aliphatic carbocycles. The zero-order chi connectivity index (χ0) is 20.6. The summed E-state index contributed by atoms with van der Waals surface area (Å²) in [7, 11) is -3.88. The number of hydrogen-bond donors (Lipinski definition) is 1. The number of benzene rings is 2. The van der Waals surface area contributed by atoms with Crippen molar-refractivity contribution in [1.82, 2.24) is 9.38 Å². The van der Waals surface area contributed by atoms with Gasteiger partial charge in [0.25, 0.3) is 15.7 Å². The Bertz CT molecular complexity index is 1330. The second-order valence-electron chi connectivity index (χ2n) is 6.53. The molecular formula is C20H16N4O4S. The van der Waals surface area contributed by atoms with Crippen LogP contribution in [0.15, 0.2) is 78.0 Å². The summed E-state index contributed by atoms with van der Waals surface area (Å²) in [4.78, 5) is 14.7. The van der Waals surface area contributed by atoms with Crippen molar-refractivity contribution in [2.45, 2.75) is 11.8 Å². The van der Waals surface area contributed by atoms with Crippen LogP contribution in [0.5, 0.6) is 0 Å². The number of nitro groups is 1. The number of nitrogens with zero attached hydrogens (tertiary/aromatic N) is 3. The first-order chi connectivity index (χ1) is 13.8. The summed E-state index contributed by atoms with van der Waals surface area (Å²) in [5, 5.41) is 10.7. The summed E-state index contributed by atoms with van der Waals surface area (Å²) >= 11 is 0. The Labute approximate surface area is 166 Å². The van der Waals surface area contributed by atoms with Gasteiger partial charge in [-0.1, -0.05) is 12.1 Å². The third kappa shape index (κ3) is 3.81. The third-order valence-electron chi connectivity index (χ3n) is 4.38. The maximum Gasteiger partial charge on any atom is 0.269 e. The van der Waals surface area contributed by atoms with E-state index >= 15 is 0 Å². The fourth-order valence-corrected chi connectivity index (χ4v) is 3.98. The summed E-state index contributed by atoms with van der Waals surface area (Å²) in [6, 6.07) is 15.6. The molecule has 146 valence electrons. The number of hydrogen-bond acceptors (Lipinski definition) is 5. The van der Waals surface area contributed by atoms with Gasteiger partial charge in [0.05, 0.1) is 15.5 Å². The number of anilines is 1. The van der Waals surface area contributed by atoms with Crippen molar-refractivity contribution in [2.75, 3.05) is 4.72 Å². The smallest absolute Gasteiger partial charge is 0.269 e. The second kappa shape index (κ2) is 7.02. The number of imidazole rings is 1. The topological polar surface area (TPSA) is 107 Å². The van der Waals surface area contributed by atoms with Crippen LogP contribution in [0.4, 0.5) is 11.4 Å². The van der Waals surface area contributed by atoms with Crippen LogP contribution in [0.25, 0.3) is 16.9 Å². The normalized spacial score (nSPS) is 11.5. The zero-order valence-electron chi connectivity index (χ0n) is 15.3. The van der Waals surface area contributed by atoms with Crippen molar-refractivity contribution in [1.29, 1.82) is 0 Å². The zero-order valence-corrected chi connectivity index (χ0v) is 16.1. The number of nitro benzene ring substituents is 1. The summed E-state index contributed by atoms with van der Waals surface area (Å²) in [6.45, 7) is 1.99. The van der Waals surface area contributed by atoms with Gasteiger partial charge in [-0.2, -0.15) is 0 Å². The molecule has 29 heavy (non-hydrogen) atoms. The van der Waals surface area contributed by atoms with E-state index in [4.69, 9.17) is 0 Å². The van der Waals surface area contributed by atoms with Gasteiger partial charge in [-0.15, -0.1) is 0 Å². The van der Waals surface area contributed by atoms with Gasteiger partial charge in [0.1, 0.15) is 5.65 Å². The molecular weight excluding hydrogens is 392 g/mol. The Morgan fingerprint density at radius 2 is 1.83 bits per heavy atom. The molecule has 0 fully saturated rings. The number of nitrogens with one attached hydrogen (secondary N) is 1. The lowest BCUT2D eigenvalue weighted by atomic mass is 10.1. The number of aromatic nitrogens is 2. The highest BCUT2D eigenvalue weighted by molar-refractivity contribution is 7.92. The molecule has 9 heteroatoms. The van der Waals surface area contributed by atoms with E-state index in [1.165, 1.54) is 12.1 Å². The van der Waals surface area contributed by atoms with Crippen LogP contribution in [-0.4, -0.2) is 22.7 Å². The van der Waals surface area contributed by atoms with Gasteiger partial charge in [-0.25, -0.2) is 13.4 Å². The van der Waals surface area contributed by atoms with Gasteiger partial charge in [-0.05, 0) is 48.9 Å². The van der Waals surface area contributed by atoms with Gasteiger partial charge in [0, 0.05) is 35.8 Å². The molecule has 2 heterocycles. The second-order valence-corrected chi connectivity index (χ2v) is 8.22. The monoisotopic (exact) mass is 408 g/mol. The fourth-order valence-electron chi connectivity index (χ4n) is 2.93. The number of non-ortho nitro benzene ring substituents is 1. The van der Waals surface area contributed by atoms with E-state index in [0.29, 0.717) is 11.4 Å². The number of pyridine rings is 1. The van der Waals surface area contributed by atoms with Crippen molar-refractivity contribution in [3.8, 4) is 11.3 Å². The molecule has 0 radical (unpaired) electrons. The van der Waals surface area contributed by atoms with Gasteiger partial charge in [0.15, 0.2) is 0 Å². The van der Waals surface area contributed by atoms with Crippen molar-refractivity contribution >= 4 is 27.0 Å². The van der Waals surface area contributed by atoms with E-state index < -0.39 is 14.9 Å². The van der Waals surface area contributed by atoms with E-state index in [1.54, 1.807) is 18.2 Å². The van der Waals surface area contributed by atoms with Crippen LogP contribution in [0.3, 0.4) is 0 Å². The minimum absolute atomic E-state index is 0.0586. The predicted octanol–water partition coefficient (Wildman–Crippen LogP) is 4.02. The van der Waals surface area contributed by atoms with E-state index in [2.05, 4.69) is 9.71 Å². The molecule has 0 amide bonds. The standard InChI is InChI=1S/C20H16N4O4S/c1-14-9-10-23-13-19(21-20(23)11-14)15-3-2-4-16(12-15)22-29(27,28)18-7-5-17(6-8-18)24(25)26/h2-13,22H,1H3. The molecule has 2 aromatic carbocycles. The van der Waals surface area contributed by atoms with Gasteiger partial charge in [-0.3, -0.25) is 14.8 Å². The maximum atomic E-state index is 12.6. The minimum Gasteiger partial charge on any atom is -0.306 e. The number of aryl methyl sites for hydroxylation is 1. The highest BCUT2D eigenvalue weighted by Crippen LogP contribution is 2.25. The molecule has 0 bridgehead atoms. The first-order valence-electron chi connectivity index (χ1n) is 8.65. The minimum atomic E-state index is -3.88. The Balaban J connectivity index is 1.63. The molecule has 0 saturated heterocycles. The van der Waals surface area contributed by atoms with Crippen LogP contribution >= 0.6 is 0 Å². The maximum absolute atomic E-state index is 12.6. The van der Waals surface area contributed by atoms with E-state index in [9.17, 15) is 18.5 Å². The molecule has 0 unspecified atom stereocenters. The lowest BCUT2D eigenvalue weighted by molar-refractivity contribution is -0.384. The van der Waals surface area contributed by atoms with Crippen LogP contribution in [0.1, 0.15) is 5.56 Å². The van der Waals surface area contributed by atoms with Crippen molar-refractivity contribution < 1.29 is 13.3 Å². The van der Waals surface area contributed by atoms with Crippen molar-refractivity contribution in [3.63, 3.8) is 0 Å². The lowest BCUT2D eigenvalue weighted by Crippen LogP contribution is -2.12. The van der Waals surface area contributed by atoms with E-state index in [1.807, 2.05) is 41.9 Å². The van der Waals surface area contributed by atoms with Crippen LogP contribution in [0, 0.1) is 17.0 Å². The highest BCUT2D eigenvalue weighted by Gasteiger charge is 2.16. The lowest BCUT2D eigenvalue weighted by Gasteiger charge is -2.09. The summed E-state index contributed by atoms with van der Waals surface area (Å²) in [6.07, 6.45) is 3.79. The van der Waals surface area contributed by atoms with Crippen LogP contribution in [-0.2, 0) is 10.0 Å². The van der Waals surface area contributed by atoms with Crippen molar-refractivity contribution in [2.24, 2.45) is 0 Å². The SMILES string of the molecule is Cc1ccn2cc(-c3cccc(NS(=O)(=O)c4ccc([N+](=O)[O-])cc4)c3)nc2c1. The molecule has 8 nitrogen and oxygen atoms in total. The van der Waals surface area contributed by atoms with Crippen LogP contribution < -0.4 is 4.72 Å². The Morgan fingerprint density at radius 3 is 2.55 bits per heavy atom. The molecule has 0 aliphatic heterocycles. The molecule has 4 aromatic rings. The number of rotatable bonds is 5. The Hall–Kier alpha value is -3.72. The largest absolute Gasteiger partial charge is 0.306 e. The molecule has 4 rings (SSSR count). The quantitative estimate of drug-likeness (QED) is 0.396. The fraction of sp³-hybridized carbons (Fsp3) is 0.0500. The molecule has 0 aliphatic rings. The molecule has 2 aromatic heterocycles. The molecule has 1 N–H and O–H groups in total. The van der Waals surface area contributed by atoms with Gasteiger partial charge in [0.2, 0.25) is 0 Å². The van der Waals surface area contributed by atoms with Gasteiger partial charge < -0.3 is 4.40 Å². The van der Waals surface area contributed by atoms with Crippen molar-refractivity contribution in [3.05, 3.63) is 88.7 Å². The van der Waals surface area contributed by atoms with Crippen LogP contribution in [0.2, 0.25) is 0 Å². The highest BCUT2D eigenvalue weighted by atomic mass is 32.2. The first kappa shape index (κ1) is 18.6. The molecule has 0 atom stereocenters. The van der Waals surface area contributed by atoms with Gasteiger partial charge >= 0.3 is 0 Å². The Morgan fingerprint density at radius 1 is 1.07 bits per heavy atom.